The van der Waals surface area contributed by atoms with Gasteiger partial charge in [-0.15, -0.1) is 5.92 Å². The van der Waals surface area contributed by atoms with Gasteiger partial charge in [0.05, 0.1) is 0 Å². The number of nitrogens with zero attached hydrogens (tertiary/aromatic N) is 1. The van der Waals surface area contributed by atoms with Crippen LogP contribution >= 0.6 is 0 Å². The highest BCUT2D eigenvalue weighted by atomic mass is 16.6. The summed E-state index contributed by atoms with van der Waals surface area (Å²) in [5.74, 6) is 5.62. The van der Waals surface area contributed by atoms with Crippen molar-refractivity contribution < 1.29 is 9.53 Å². The van der Waals surface area contributed by atoms with Gasteiger partial charge in [0.15, 0.2) is 6.61 Å². The van der Waals surface area contributed by atoms with Gasteiger partial charge in [0, 0.05) is 32.6 Å². The van der Waals surface area contributed by atoms with Crippen molar-refractivity contribution in [2.75, 3.05) is 32.8 Å². The molecule has 1 aliphatic rings. The highest BCUT2D eigenvalue weighted by Crippen LogP contribution is 1.95. The molecule has 0 aromatic carbocycles. The molecule has 0 aliphatic carbocycles. The van der Waals surface area contributed by atoms with E-state index in [1.807, 2.05) is 6.92 Å². The van der Waals surface area contributed by atoms with Crippen molar-refractivity contribution in [3.05, 3.63) is 0 Å². The largest absolute Gasteiger partial charge is 0.436 e. The lowest BCUT2D eigenvalue weighted by atomic mass is 10.4. The van der Waals surface area contributed by atoms with Gasteiger partial charge >= 0.3 is 6.09 Å². The van der Waals surface area contributed by atoms with E-state index in [1.165, 1.54) is 0 Å². The second kappa shape index (κ2) is 6.28. The maximum Gasteiger partial charge on any atom is 0.410 e. The molecule has 1 fully saturated rings. The van der Waals surface area contributed by atoms with E-state index in [1.54, 1.807) is 4.90 Å². The molecule has 0 spiro atoms. The number of hydrogen-bond donors (Lipinski definition) is 1. The van der Waals surface area contributed by atoms with Crippen molar-refractivity contribution in [2.24, 2.45) is 0 Å². The van der Waals surface area contributed by atoms with E-state index in [2.05, 4.69) is 17.2 Å². The number of hydrogen-bond acceptors (Lipinski definition) is 3. The molecule has 0 radical (unpaired) electrons. The first-order valence-electron chi connectivity index (χ1n) is 4.92. The monoisotopic (exact) mass is 196 g/mol. The molecular weight excluding hydrogens is 180 g/mol. The Kier molecular flexibility index (Phi) is 4.87. The molecule has 0 aromatic heterocycles. The van der Waals surface area contributed by atoms with E-state index in [0.29, 0.717) is 0 Å². The highest BCUT2D eigenvalue weighted by molar-refractivity contribution is 5.67. The van der Waals surface area contributed by atoms with Crippen molar-refractivity contribution in [1.29, 1.82) is 0 Å². The summed E-state index contributed by atoms with van der Waals surface area (Å²) in [6.45, 7) is 5.30. The van der Waals surface area contributed by atoms with Gasteiger partial charge in [-0.1, -0.05) is 12.8 Å². The first kappa shape index (κ1) is 10.9. The molecule has 1 N–H and O–H groups in total. The first-order chi connectivity index (χ1) is 6.84. The van der Waals surface area contributed by atoms with Crippen molar-refractivity contribution in [3.63, 3.8) is 0 Å². The van der Waals surface area contributed by atoms with E-state index in [-0.39, 0.29) is 12.7 Å². The average molecular weight is 196 g/mol. The predicted molar refractivity (Wildman–Crippen MR) is 53.9 cm³/mol. The zero-order chi connectivity index (χ0) is 10.2. The van der Waals surface area contributed by atoms with Crippen LogP contribution in [0.25, 0.3) is 0 Å². The standard InChI is InChI=1S/C10H16N2O2/c1-2-3-4-9-14-10(13)12-7-5-11-6-8-12/h11H,2,5-9H2,1H3. The molecule has 1 aliphatic heterocycles. The fourth-order valence-electron chi connectivity index (χ4n) is 1.21. The summed E-state index contributed by atoms with van der Waals surface area (Å²) < 4.78 is 4.97. The normalized spacial score (nSPS) is 15.6. The minimum atomic E-state index is -0.253. The molecule has 0 bridgehead atoms. The molecule has 4 heteroatoms. The Hall–Kier alpha value is -1.21. The third kappa shape index (κ3) is 3.67. The SMILES string of the molecule is CCC#CCOC(=O)N1CCNCC1. The number of rotatable bonds is 1. The summed E-state index contributed by atoms with van der Waals surface area (Å²) in [5, 5.41) is 3.17. The van der Waals surface area contributed by atoms with E-state index < -0.39 is 0 Å². The molecule has 1 amide bonds. The van der Waals surface area contributed by atoms with E-state index in [4.69, 9.17) is 4.74 Å². The molecule has 1 saturated heterocycles. The molecule has 0 unspecified atom stereocenters. The van der Waals surface area contributed by atoms with Gasteiger partial charge in [-0.25, -0.2) is 4.79 Å². The molecule has 0 aromatic rings. The van der Waals surface area contributed by atoms with Crippen LogP contribution in [0.2, 0.25) is 0 Å². The molecule has 4 nitrogen and oxygen atoms in total. The summed E-state index contributed by atoms with van der Waals surface area (Å²) in [5.41, 5.74) is 0. The van der Waals surface area contributed by atoms with Crippen LogP contribution in [0.15, 0.2) is 0 Å². The van der Waals surface area contributed by atoms with Crippen molar-refractivity contribution in [2.45, 2.75) is 13.3 Å². The Morgan fingerprint density at radius 3 is 2.79 bits per heavy atom. The van der Waals surface area contributed by atoms with Gasteiger partial charge in [0.1, 0.15) is 0 Å². The van der Waals surface area contributed by atoms with Crippen LogP contribution in [0, 0.1) is 11.8 Å². The van der Waals surface area contributed by atoms with Crippen LogP contribution in [-0.4, -0.2) is 43.8 Å². The lowest BCUT2D eigenvalue weighted by molar-refractivity contribution is 0.109. The maximum absolute atomic E-state index is 11.4. The Labute approximate surface area is 84.6 Å². The summed E-state index contributed by atoms with van der Waals surface area (Å²) in [7, 11) is 0. The van der Waals surface area contributed by atoms with Crippen molar-refractivity contribution in [1.82, 2.24) is 10.2 Å². The van der Waals surface area contributed by atoms with Gasteiger partial charge in [-0.05, 0) is 0 Å². The topological polar surface area (TPSA) is 41.6 Å². The molecule has 0 atom stereocenters. The van der Waals surface area contributed by atoms with Gasteiger partial charge in [0.25, 0.3) is 0 Å². The Bertz CT molecular complexity index is 236. The minimum absolute atomic E-state index is 0.205. The van der Waals surface area contributed by atoms with Crippen LogP contribution in [0.4, 0.5) is 4.79 Å². The van der Waals surface area contributed by atoms with Crippen LogP contribution in [0.1, 0.15) is 13.3 Å². The number of nitrogens with one attached hydrogen (secondary N) is 1. The highest BCUT2D eigenvalue weighted by Gasteiger charge is 2.16. The molecular formula is C10H16N2O2. The fourth-order valence-corrected chi connectivity index (χ4v) is 1.21. The molecule has 1 heterocycles. The van der Waals surface area contributed by atoms with Gasteiger partial charge in [0.2, 0.25) is 0 Å². The lowest BCUT2D eigenvalue weighted by Crippen LogP contribution is -2.46. The summed E-state index contributed by atoms with van der Waals surface area (Å²) in [4.78, 5) is 13.1. The van der Waals surface area contributed by atoms with Crippen molar-refractivity contribution >= 4 is 6.09 Å². The summed E-state index contributed by atoms with van der Waals surface area (Å²) >= 11 is 0. The van der Waals surface area contributed by atoms with Gasteiger partial charge in [-0.2, -0.15) is 0 Å². The number of carbonyl (C=O) groups excluding carboxylic acids is 1. The third-order valence-electron chi connectivity index (χ3n) is 1.94. The Morgan fingerprint density at radius 1 is 1.43 bits per heavy atom. The number of piperazine rings is 1. The van der Waals surface area contributed by atoms with E-state index >= 15 is 0 Å². The second-order valence-electron chi connectivity index (χ2n) is 3.00. The quantitative estimate of drug-likeness (QED) is 0.619. The zero-order valence-corrected chi connectivity index (χ0v) is 8.51. The number of ether oxygens (including phenoxy) is 1. The zero-order valence-electron chi connectivity index (χ0n) is 8.51. The Morgan fingerprint density at radius 2 is 2.14 bits per heavy atom. The number of amides is 1. The fraction of sp³-hybridized carbons (Fsp3) is 0.700. The smallest absolute Gasteiger partial charge is 0.410 e. The van der Waals surface area contributed by atoms with Crippen LogP contribution in [-0.2, 0) is 4.74 Å². The predicted octanol–water partition coefficient (Wildman–Crippen LogP) is 0.442. The first-order valence-corrected chi connectivity index (χ1v) is 4.92. The summed E-state index contributed by atoms with van der Waals surface area (Å²) in [6, 6.07) is 0. The van der Waals surface area contributed by atoms with Gasteiger partial charge < -0.3 is 15.0 Å². The van der Waals surface area contributed by atoms with E-state index in [0.717, 1.165) is 32.6 Å². The molecule has 0 saturated carbocycles. The van der Waals surface area contributed by atoms with Crippen molar-refractivity contribution in [3.8, 4) is 11.8 Å². The minimum Gasteiger partial charge on any atom is -0.436 e. The third-order valence-corrected chi connectivity index (χ3v) is 1.94. The van der Waals surface area contributed by atoms with E-state index in [9.17, 15) is 4.79 Å². The Balaban J connectivity index is 2.19. The molecule has 1 rings (SSSR count). The lowest BCUT2D eigenvalue weighted by Gasteiger charge is -2.26. The van der Waals surface area contributed by atoms with Crippen LogP contribution < -0.4 is 5.32 Å². The second-order valence-corrected chi connectivity index (χ2v) is 3.00. The molecule has 78 valence electrons. The average Bonchev–Trinajstić information content (AvgIpc) is 2.25. The number of carbonyl (C=O) groups is 1. The van der Waals surface area contributed by atoms with Crippen LogP contribution in [0.3, 0.4) is 0 Å². The van der Waals surface area contributed by atoms with Gasteiger partial charge in [-0.3, -0.25) is 0 Å². The maximum atomic E-state index is 11.4. The molecule has 14 heavy (non-hydrogen) atoms. The summed E-state index contributed by atoms with van der Waals surface area (Å²) in [6.07, 6.45) is 0.544. The van der Waals surface area contributed by atoms with Crippen LogP contribution in [0.5, 0.6) is 0 Å².